The van der Waals surface area contributed by atoms with E-state index in [-0.39, 0.29) is 12.2 Å². The van der Waals surface area contributed by atoms with Gasteiger partial charge in [-0.3, -0.25) is 19.2 Å². The molecule has 0 radical (unpaired) electrons. The lowest BCUT2D eigenvalue weighted by atomic mass is 9.90. The smallest absolute Gasteiger partial charge is 0.318 e. The van der Waals surface area contributed by atoms with Crippen molar-refractivity contribution in [3.05, 3.63) is 119 Å². The normalized spacial score (nSPS) is 18.6. The summed E-state index contributed by atoms with van der Waals surface area (Å²) in [5.74, 6) is -4.36. The standard InChI is InChI=1S/C37H40O7/c1-5-28(25-17-11-8-12-18-25)35(39)42-31-23-24(4)33(43-36(40)29(6-2)26-19-13-9-14-20-26)32(38)34(31)44-37(41)30(7-3)27-21-15-10-16-22-27/h8-22,28-31,34H,5-7,23H2,1-4H3/t28-,29-,30-,31-,34-/m1/s1. The summed E-state index contributed by atoms with van der Waals surface area (Å²) >= 11 is 0. The minimum Gasteiger partial charge on any atom is -0.457 e. The molecule has 0 aromatic heterocycles. The van der Waals surface area contributed by atoms with E-state index in [1.807, 2.05) is 112 Å². The van der Waals surface area contributed by atoms with E-state index in [0.717, 1.165) is 16.7 Å². The molecule has 5 atom stereocenters. The first kappa shape index (κ1) is 32.4. The van der Waals surface area contributed by atoms with E-state index in [2.05, 4.69) is 0 Å². The molecule has 0 saturated heterocycles. The Morgan fingerprint density at radius 2 is 1.02 bits per heavy atom. The van der Waals surface area contributed by atoms with Gasteiger partial charge in [0.15, 0.2) is 11.9 Å². The monoisotopic (exact) mass is 596 g/mol. The summed E-state index contributed by atoms with van der Waals surface area (Å²) in [6.45, 7) is 7.27. The summed E-state index contributed by atoms with van der Waals surface area (Å²) in [7, 11) is 0. The Bertz CT molecular complexity index is 1460. The fourth-order valence-electron chi connectivity index (χ4n) is 5.66. The van der Waals surface area contributed by atoms with Crippen molar-refractivity contribution in [1.29, 1.82) is 0 Å². The van der Waals surface area contributed by atoms with Crippen LogP contribution in [-0.2, 0) is 33.4 Å². The van der Waals surface area contributed by atoms with Crippen LogP contribution in [0.3, 0.4) is 0 Å². The van der Waals surface area contributed by atoms with Crippen LogP contribution in [0.15, 0.2) is 102 Å². The third-order valence-corrected chi connectivity index (χ3v) is 8.11. The summed E-state index contributed by atoms with van der Waals surface area (Å²) in [6.07, 6.45) is -1.10. The van der Waals surface area contributed by atoms with Gasteiger partial charge in [-0.25, -0.2) is 0 Å². The molecule has 0 spiro atoms. The highest BCUT2D eigenvalue weighted by atomic mass is 16.6. The lowest BCUT2D eigenvalue weighted by Crippen LogP contribution is -2.47. The lowest BCUT2D eigenvalue weighted by Gasteiger charge is -2.33. The molecule has 44 heavy (non-hydrogen) atoms. The van der Waals surface area contributed by atoms with Crippen molar-refractivity contribution in [2.75, 3.05) is 0 Å². The van der Waals surface area contributed by atoms with Gasteiger partial charge in [0.05, 0.1) is 17.8 Å². The highest BCUT2D eigenvalue weighted by Crippen LogP contribution is 2.33. The SMILES string of the molecule is CC[C@@H](C(=O)OC1=C(C)C[C@@H](OC(=O)[C@H](CC)c2ccccc2)[C@@H](OC(=O)[C@H](CC)c2ccccc2)C1=O)c1ccccc1. The molecule has 7 heteroatoms. The maximum atomic E-state index is 14.0. The average Bonchev–Trinajstić information content (AvgIpc) is 3.04. The highest BCUT2D eigenvalue weighted by molar-refractivity contribution is 6.02. The molecule has 4 rings (SSSR count). The Morgan fingerprint density at radius 1 is 0.636 bits per heavy atom. The van der Waals surface area contributed by atoms with Gasteiger partial charge in [0.2, 0.25) is 11.9 Å². The zero-order chi connectivity index (χ0) is 31.6. The molecule has 0 N–H and O–H groups in total. The number of ketones is 1. The Kier molecular flexibility index (Phi) is 11.2. The molecule has 3 aromatic rings. The van der Waals surface area contributed by atoms with Gasteiger partial charge >= 0.3 is 17.9 Å². The predicted molar refractivity (Wildman–Crippen MR) is 167 cm³/mol. The zero-order valence-electron chi connectivity index (χ0n) is 25.7. The quantitative estimate of drug-likeness (QED) is 0.161. The van der Waals surface area contributed by atoms with Crippen LogP contribution in [0.25, 0.3) is 0 Å². The van der Waals surface area contributed by atoms with Gasteiger partial charge in [-0.1, -0.05) is 112 Å². The van der Waals surface area contributed by atoms with Crippen molar-refractivity contribution >= 4 is 23.7 Å². The van der Waals surface area contributed by atoms with Gasteiger partial charge in [-0.15, -0.1) is 0 Å². The number of esters is 3. The van der Waals surface area contributed by atoms with Crippen molar-refractivity contribution in [2.24, 2.45) is 0 Å². The van der Waals surface area contributed by atoms with E-state index in [1.54, 1.807) is 6.92 Å². The fraction of sp³-hybridized carbons (Fsp3) is 0.351. The Balaban J connectivity index is 1.63. The van der Waals surface area contributed by atoms with Crippen LogP contribution in [0.5, 0.6) is 0 Å². The number of ether oxygens (including phenoxy) is 3. The van der Waals surface area contributed by atoms with Crippen LogP contribution in [-0.4, -0.2) is 35.9 Å². The van der Waals surface area contributed by atoms with E-state index in [9.17, 15) is 19.2 Å². The number of carbonyl (C=O) groups excluding carboxylic acids is 4. The second kappa shape index (κ2) is 15.3. The second-order valence-electron chi connectivity index (χ2n) is 11.0. The molecule has 1 aliphatic carbocycles. The van der Waals surface area contributed by atoms with Crippen molar-refractivity contribution in [3.63, 3.8) is 0 Å². The number of Topliss-reactive ketones (excluding diaryl/α,β-unsaturated/α-hetero) is 1. The van der Waals surface area contributed by atoms with Gasteiger partial charge < -0.3 is 14.2 Å². The van der Waals surface area contributed by atoms with E-state index in [1.165, 1.54) is 0 Å². The third kappa shape index (κ3) is 7.51. The van der Waals surface area contributed by atoms with Gasteiger partial charge in [0.1, 0.15) is 0 Å². The maximum absolute atomic E-state index is 14.0. The van der Waals surface area contributed by atoms with Gasteiger partial charge in [0, 0.05) is 6.42 Å². The minimum atomic E-state index is -1.47. The second-order valence-corrected chi connectivity index (χ2v) is 11.0. The summed E-state index contributed by atoms with van der Waals surface area (Å²) in [6, 6.07) is 27.6. The van der Waals surface area contributed by atoms with Crippen LogP contribution in [0, 0.1) is 0 Å². The summed E-state index contributed by atoms with van der Waals surface area (Å²) in [5.41, 5.74) is 2.76. The third-order valence-electron chi connectivity index (χ3n) is 8.11. The Morgan fingerprint density at radius 3 is 1.43 bits per heavy atom. The maximum Gasteiger partial charge on any atom is 0.318 e. The van der Waals surface area contributed by atoms with Gasteiger partial charge in [-0.2, -0.15) is 0 Å². The summed E-state index contributed by atoms with van der Waals surface area (Å²) in [5, 5.41) is 0. The highest BCUT2D eigenvalue weighted by Gasteiger charge is 2.45. The van der Waals surface area contributed by atoms with Gasteiger partial charge in [-0.05, 0) is 48.4 Å². The average molecular weight is 597 g/mol. The predicted octanol–water partition coefficient (Wildman–Crippen LogP) is 7.18. The van der Waals surface area contributed by atoms with Gasteiger partial charge in [0.25, 0.3) is 0 Å². The largest absolute Gasteiger partial charge is 0.457 e. The van der Waals surface area contributed by atoms with E-state index < -0.39 is 53.7 Å². The number of benzene rings is 3. The number of hydrogen-bond acceptors (Lipinski definition) is 7. The van der Waals surface area contributed by atoms with Crippen LogP contribution in [0.2, 0.25) is 0 Å². The molecule has 0 saturated carbocycles. The van der Waals surface area contributed by atoms with Crippen LogP contribution >= 0.6 is 0 Å². The van der Waals surface area contributed by atoms with Crippen LogP contribution in [0.1, 0.15) is 87.8 Å². The number of hydrogen-bond donors (Lipinski definition) is 0. The Hall–Kier alpha value is -4.52. The molecule has 230 valence electrons. The molecule has 0 heterocycles. The van der Waals surface area contributed by atoms with E-state index in [4.69, 9.17) is 14.2 Å². The number of rotatable bonds is 12. The van der Waals surface area contributed by atoms with Crippen molar-refractivity contribution < 1.29 is 33.4 Å². The van der Waals surface area contributed by atoms with Crippen LogP contribution in [0.4, 0.5) is 0 Å². The zero-order valence-corrected chi connectivity index (χ0v) is 25.7. The molecule has 0 unspecified atom stereocenters. The summed E-state index contributed by atoms with van der Waals surface area (Å²) < 4.78 is 17.6. The van der Waals surface area contributed by atoms with Crippen LogP contribution < -0.4 is 0 Å². The molecule has 0 fully saturated rings. The molecule has 0 amide bonds. The molecule has 1 aliphatic rings. The first-order valence-electron chi connectivity index (χ1n) is 15.3. The molecule has 7 nitrogen and oxygen atoms in total. The lowest BCUT2D eigenvalue weighted by molar-refractivity contribution is -0.175. The molecular weight excluding hydrogens is 556 g/mol. The van der Waals surface area contributed by atoms with Crippen molar-refractivity contribution in [2.45, 2.75) is 83.3 Å². The van der Waals surface area contributed by atoms with E-state index >= 15 is 0 Å². The summed E-state index contributed by atoms with van der Waals surface area (Å²) in [4.78, 5) is 54.4. The first-order valence-corrected chi connectivity index (χ1v) is 15.3. The van der Waals surface area contributed by atoms with E-state index in [0.29, 0.717) is 24.8 Å². The minimum absolute atomic E-state index is 0.0630. The molecule has 0 bridgehead atoms. The fourth-order valence-corrected chi connectivity index (χ4v) is 5.66. The topological polar surface area (TPSA) is 96.0 Å². The first-order chi connectivity index (χ1) is 21.3. The molecule has 0 aliphatic heterocycles. The number of carbonyl (C=O) groups is 4. The molecule has 3 aromatic carbocycles. The van der Waals surface area contributed by atoms with Crippen molar-refractivity contribution in [1.82, 2.24) is 0 Å². The molecular formula is C37H40O7. The van der Waals surface area contributed by atoms with Crippen molar-refractivity contribution in [3.8, 4) is 0 Å². The Labute approximate surface area is 259 Å².